The lowest BCUT2D eigenvalue weighted by Crippen LogP contribution is -2.18. The summed E-state index contributed by atoms with van der Waals surface area (Å²) in [5.74, 6) is 1.23. The minimum absolute atomic E-state index is 0.0325. The quantitative estimate of drug-likeness (QED) is 0.282. The number of rotatable bonds is 11. The number of hydrazone groups is 1. The molecule has 0 aliphatic carbocycles. The molecule has 0 spiro atoms. The van der Waals surface area contributed by atoms with Crippen LogP contribution in [0.15, 0.2) is 46.4 Å². The zero-order valence-corrected chi connectivity index (χ0v) is 18.6. The van der Waals surface area contributed by atoms with Gasteiger partial charge in [-0.15, -0.1) is 0 Å². The Morgan fingerprint density at radius 3 is 2.48 bits per heavy atom. The highest BCUT2D eigenvalue weighted by Crippen LogP contribution is 2.28. The molecule has 0 saturated carbocycles. The fourth-order valence-corrected chi connectivity index (χ4v) is 3.57. The minimum Gasteiger partial charge on any atom is -0.490 e. The van der Waals surface area contributed by atoms with Gasteiger partial charge in [-0.3, -0.25) is 0 Å². The smallest absolute Gasteiger partial charge is 0.276 e. The van der Waals surface area contributed by atoms with Crippen LogP contribution in [0, 0.1) is 0 Å². The lowest BCUT2D eigenvalue weighted by atomic mass is 10.2. The van der Waals surface area contributed by atoms with Gasteiger partial charge in [-0.25, -0.2) is 4.83 Å². The van der Waals surface area contributed by atoms with Crippen LogP contribution in [-0.2, 0) is 10.0 Å². The molecule has 0 bridgehead atoms. The Bertz CT molecular complexity index is 949. The van der Waals surface area contributed by atoms with Gasteiger partial charge in [-0.1, -0.05) is 43.0 Å². The fraction of sp³-hybridized carbons (Fsp3) is 0.350. The Morgan fingerprint density at radius 1 is 1.00 bits per heavy atom. The number of nitrogens with zero attached hydrogens (tertiary/aromatic N) is 1. The van der Waals surface area contributed by atoms with E-state index in [1.807, 2.05) is 6.92 Å². The van der Waals surface area contributed by atoms with Crippen molar-refractivity contribution in [2.75, 3.05) is 13.2 Å². The summed E-state index contributed by atoms with van der Waals surface area (Å²) in [4.78, 5) is 2.12. The summed E-state index contributed by atoms with van der Waals surface area (Å²) in [5, 5.41) is 4.24. The van der Waals surface area contributed by atoms with Crippen LogP contribution in [0.1, 0.15) is 38.7 Å². The SMILES string of the molecule is CCCCCOc1ccc(/C=N/NS(=O)(=O)c2ccc(Cl)c(Cl)c2)cc1OCC. The number of nitrogens with one attached hydrogen (secondary N) is 1. The van der Waals surface area contributed by atoms with Gasteiger partial charge < -0.3 is 9.47 Å². The molecule has 6 nitrogen and oxygen atoms in total. The second-order valence-electron chi connectivity index (χ2n) is 6.12. The summed E-state index contributed by atoms with van der Waals surface area (Å²) in [6.45, 7) is 5.11. The summed E-state index contributed by atoms with van der Waals surface area (Å²) < 4.78 is 36.0. The number of benzene rings is 2. The van der Waals surface area contributed by atoms with Crippen molar-refractivity contribution in [3.8, 4) is 11.5 Å². The molecule has 29 heavy (non-hydrogen) atoms. The van der Waals surface area contributed by atoms with Gasteiger partial charge in [0.15, 0.2) is 11.5 Å². The van der Waals surface area contributed by atoms with Gasteiger partial charge in [-0.2, -0.15) is 13.5 Å². The van der Waals surface area contributed by atoms with Crippen molar-refractivity contribution in [3.63, 3.8) is 0 Å². The molecule has 0 heterocycles. The molecule has 0 aromatic heterocycles. The molecule has 0 unspecified atom stereocenters. The van der Waals surface area contributed by atoms with E-state index < -0.39 is 10.0 Å². The fourth-order valence-electron chi connectivity index (χ4n) is 2.39. The average Bonchev–Trinajstić information content (AvgIpc) is 2.68. The van der Waals surface area contributed by atoms with E-state index in [4.69, 9.17) is 32.7 Å². The molecule has 9 heteroatoms. The number of hydrogen-bond acceptors (Lipinski definition) is 5. The van der Waals surface area contributed by atoms with E-state index >= 15 is 0 Å². The first-order valence-corrected chi connectivity index (χ1v) is 11.5. The van der Waals surface area contributed by atoms with Crippen molar-refractivity contribution in [2.24, 2.45) is 5.10 Å². The van der Waals surface area contributed by atoms with E-state index in [1.54, 1.807) is 18.2 Å². The first-order valence-electron chi connectivity index (χ1n) is 9.27. The minimum atomic E-state index is -3.86. The molecule has 2 rings (SSSR count). The molecule has 0 aliphatic heterocycles. The van der Waals surface area contributed by atoms with Crippen LogP contribution < -0.4 is 14.3 Å². The van der Waals surface area contributed by atoms with Crippen molar-refractivity contribution in [1.29, 1.82) is 0 Å². The predicted molar refractivity (Wildman–Crippen MR) is 117 cm³/mol. The molecule has 1 N–H and O–H groups in total. The summed E-state index contributed by atoms with van der Waals surface area (Å²) >= 11 is 11.7. The number of halogens is 2. The molecule has 2 aromatic carbocycles. The molecule has 0 amide bonds. The van der Waals surface area contributed by atoms with Crippen LogP contribution in [0.4, 0.5) is 0 Å². The maximum atomic E-state index is 12.3. The summed E-state index contributed by atoms with van der Waals surface area (Å²) in [6, 6.07) is 9.33. The van der Waals surface area contributed by atoms with E-state index in [-0.39, 0.29) is 14.9 Å². The molecular weight excluding hydrogens is 435 g/mol. The highest BCUT2D eigenvalue weighted by Gasteiger charge is 2.14. The van der Waals surface area contributed by atoms with Gasteiger partial charge in [0.25, 0.3) is 10.0 Å². The Balaban J connectivity index is 2.08. The largest absolute Gasteiger partial charge is 0.490 e. The molecule has 0 saturated heterocycles. The standard InChI is InChI=1S/C20H24Cl2N2O4S/c1-3-5-6-11-28-19-10-7-15(12-20(19)27-4-2)14-23-24-29(25,26)16-8-9-17(21)18(22)13-16/h7-10,12-14,24H,3-6,11H2,1-2H3/b23-14+. The van der Waals surface area contributed by atoms with Crippen LogP contribution in [-0.4, -0.2) is 27.8 Å². The van der Waals surface area contributed by atoms with Crippen molar-refractivity contribution in [2.45, 2.75) is 38.0 Å². The maximum absolute atomic E-state index is 12.3. The molecule has 2 aromatic rings. The number of ether oxygens (including phenoxy) is 2. The van der Waals surface area contributed by atoms with Crippen LogP contribution in [0.3, 0.4) is 0 Å². The van der Waals surface area contributed by atoms with Crippen LogP contribution in [0.2, 0.25) is 10.0 Å². The van der Waals surface area contributed by atoms with Crippen LogP contribution >= 0.6 is 23.2 Å². The highest BCUT2D eigenvalue weighted by atomic mass is 35.5. The topological polar surface area (TPSA) is 77.0 Å². The van der Waals surface area contributed by atoms with E-state index in [2.05, 4.69) is 16.9 Å². The van der Waals surface area contributed by atoms with E-state index in [0.29, 0.717) is 30.3 Å². The van der Waals surface area contributed by atoms with Gasteiger partial charge in [0.05, 0.1) is 34.4 Å². The zero-order chi connectivity index (χ0) is 21.3. The molecule has 0 atom stereocenters. The van der Waals surface area contributed by atoms with Crippen molar-refractivity contribution < 1.29 is 17.9 Å². The predicted octanol–water partition coefficient (Wildman–Crippen LogP) is 5.27. The second-order valence-corrected chi connectivity index (χ2v) is 8.60. The van der Waals surface area contributed by atoms with Crippen molar-refractivity contribution in [3.05, 3.63) is 52.0 Å². The Morgan fingerprint density at radius 2 is 1.79 bits per heavy atom. The van der Waals surface area contributed by atoms with Crippen LogP contribution in [0.25, 0.3) is 0 Å². The third-order valence-corrected chi connectivity index (χ3v) is 5.82. The second kappa shape index (κ2) is 11.3. The summed E-state index contributed by atoms with van der Waals surface area (Å²) in [6.07, 6.45) is 4.59. The molecular formula is C20H24Cl2N2O4S. The highest BCUT2D eigenvalue weighted by molar-refractivity contribution is 7.89. The van der Waals surface area contributed by atoms with Gasteiger partial charge >= 0.3 is 0 Å². The van der Waals surface area contributed by atoms with Gasteiger partial charge in [0.1, 0.15) is 0 Å². The normalized spacial score (nSPS) is 11.6. The monoisotopic (exact) mass is 458 g/mol. The average molecular weight is 459 g/mol. The van der Waals surface area contributed by atoms with E-state index in [9.17, 15) is 8.42 Å². The first-order chi connectivity index (χ1) is 13.9. The van der Waals surface area contributed by atoms with E-state index in [0.717, 1.165) is 19.3 Å². The van der Waals surface area contributed by atoms with Crippen LogP contribution in [0.5, 0.6) is 11.5 Å². The third-order valence-electron chi connectivity index (χ3n) is 3.86. The molecule has 0 radical (unpaired) electrons. The van der Waals surface area contributed by atoms with Gasteiger partial charge in [-0.05, 0) is 55.3 Å². The molecule has 0 aliphatic rings. The van der Waals surface area contributed by atoms with Crippen molar-refractivity contribution >= 4 is 39.4 Å². The van der Waals surface area contributed by atoms with E-state index in [1.165, 1.54) is 24.4 Å². The molecule has 0 fully saturated rings. The Kier molecular flexibility index (Phi) is 9.07. The Labute approximate surface area is 181 Å². The zero-order valence-electron chi connectivity index (χ0n) is 16.3. The van der Waals surface area contributed by atoms with Crippen molar-refractivity contribution in [1.82, 2.24) is 4.83 Å². The lowest BCUT2D eigenvalue weighted by Gasteiger charge is -2.12. The Hall–Kier alpha value is -1.96. The summed E-state index contributed by atoms with van der Waals surface area (Å²) in [5.41, 5.74) is 0.659. The number of unbranched alkanes of at least 4 members (excludes halogenated alkanes) is 2. The maximum Gasteiger partial charge on any atom is 0.276 e. The number of sulfonamides is 1. The first kappa shape index (κ1) is 23.3. The summed E-state index contributed by atoms with van der Waals surface area (Å²) in [7, 11) is -3.86. The lowest BCUT2D eigenvalue weighted by molar-refractivity contribution is 0.271. The third kappa shape index (κ3) is 7.10. The molecule has 158 valence electrons. The van der Waals surface area contributed by atoms with Gasteiger partial charge in [0, 0.05) is 0 Å². The van der Waals surface area contributed by atoms with Gasteiger partial charge in [0.2, 0.25) is 0 Å². The number of hydrogen-bond donors (Lipinski definition) is 1.